The van der Waals surface area contributed by atoms with Crippen LogP contribution in [0, 0.1) is 20.2 Å². The fourth-order valence-electron chi connectivity index (χ4n) is 3.62. The maximum atomic E-state index is 12.4. The van der Waals surface area contributed by atoms with Crippen molar-refractivity contribution < 1.29 is 14.6 Å². The Bertz CT molecular complexity index is 1210. The molecule has 1 aromatic heterocycles. The summed E-state index contributed by atoms with van der Waals surface area (Å²) in [5.74, 6) is -0.770. The molecule has 13 heteroatoms. The molecule has 174 valence electrons. The van der Waals surface area contributed by atoms with Gasteiger partial charge in [0.05, 0.1) is 9.85 Å². The van der Waals surface area contributed by atoms with Gasteiger partial charge in [0.2, 0.25) is 11.6 Å². The van der Waals surface area contributed by atoms with Gasteiger partial charge in [0.25, 0.3) is 11.6 Å². The molecule has 1 fully saturated rings. The lowest BCUT2D eigenvalue weighted by molar-refractivity contribution is -0.384. The van der Waals surface area contributed by atoms with Crippen LogP contribution in [0.2, 0.25) is 0 Å². The smallest absolute Gasteiger partial charge is 0.355 e. The zero-order chi connectivity index (χ0) is 24.1. The first-order valence-corrected chi connectivity index (χ1v) is 10.3. The van der Waals surface area contributed by atoms with Crippen molar-refractivity contribution in [1.82, 2.24) is 15.4 Å². The van der Waals surface area contributed by atoms with Crippen LogP contribution in [-0.4, -0.2) is 51.9 Å². The van der Waals surface area contributed by atoms with Crippen LogP contribution in [0.25, 0.3) is 0 Å². The number of rotatable bonds is 7. The van der Waals surface area contributed by atoms with Crippen LogP contribution in [0.1, 0.15) is 10.4 Å². The predicted octanol–water partition coefficient (Wildman–Crippen LogP) is 2.38. The standard InChI is InChI=1S/C21H20N8O5/c30-21(15-5-4-8-17(13-15)28(31)32)25-24-19-18(29(33)34)20(23-14-22-19)27-11-9-26(10-12-27)16-6-2-1-3-7-16/h1-8,13-14H,9-12H2,(H,25,30)(H,22,23,24). The topological polar surface area (TPSA) is 160 Å². The number of carbonyl (C=O) groups excluding carboxylic acids is 1. The number of nitro groups is 2. The van der Waals surface area contributed by atoms with Crippen molar-refractivity contribution in [3.63, 3.8) is 0 Å². The third-order valence-electron chi connectivity index (χ3n) is 5.30. The molecule has 0 atom stereocenters. The van der Waals surface area contributed by atoms with Crippen molar-refractivity contribution in [2.24, 2.45) is 0 Å². The number of hydrazine groups is 1. The van der Waals surface area contributed by atoms with Gasteiger partial charge < -0.3 is 9.80 Å². The third-order valence-corrected chi connectivity index (χ3v) is 5.30. The van der Waals surface area contributed by atoms with Gasteiger partial charge in [0, 0.05) is 49.6 Å². The lowest BCUT2D eigenvalue weighted by atomic mass is 10.2. The Kier molecular flexibility index (Phi) is 6.43. The van der Waals surface area contributed by atoms with E-state index in [0.29, 0.717) is 26.2 Å². The molecular weight excluding hydrogens is 444 g/mol. The molecule has 2 heterocycles. The maximum absolute atomic E-state index is 12.4. The van der Waals surface area contributed by atoms with Gasteiger partial charge in [0.15, 0.2) is 0 Å². The SMILES string of the molecule is O=C(NNc1ncnc(N2CCN(c3ccccc3)CC2)c1[N+](=O)[O-])c1cccc([N+](=O)[O-])c1. The minimum atomic E-state index is -0.713. The molecule has 1 amide bonds. The van der Waals surface area contributed by atoms with Crippen LogP contribution < -0.4 is 20.7 Å². The molecule has 1 aliphatic heterocycles. The lowest BCUT2D eigenvalue weighted by Gasteiger charge is -2.36. The first kappa shape index (κ1) is 22.4. The molecule has 0 saturated carbocycles. The maximum Gasteiger partial charge on any atom is 0.355 e. The van der Waals surface area contributed by atoms with E-state index in [1.165, 1.54) is 24.5 Å². The summed E-state index contributed by atoms with van der Waals surface area (Å²) in [6.07, 6.45) is 1.17. The number of piperazine rings is 1. The van der Waals surface area contributed by atoms with E-state index in [4.69, 9.17) is 0 Å². The van der Waals surface area contributed by atoms with Crippen molar-refractivity contribution in [3.8, 4) is 0 Å². The summed E-state index contributed by atoms with van der Waals surface area (Å²) in [6, 6.07) is 15.0. The lowest BCUT2D eigenvalue weighted by Crippen LogP contribution is -2.47. The summed E-state index contributed by atoms with van der Waals surface area (Å²) in [5.41, 5.74) is 5.21. The minimum Gasteiger partial charge on any atom is -0.368 e. The van der Waals surface area contributed by atoms with E-state index in [2.05, 4.69) is 25.7 Å². The predicted molar refractivity (Wildman–Crippen MR) is 124 cm³/mol. The van der Waals surface area contributed by atoms with E-state index in [9.17, 15) is 25.0 Å². The normalized spacial score (nSPS) is 13.3. The van der Waals surface area contributed by atoms with Gasteiger partial charge in [-0.1, -0.05) is 24.3 Å². The summed E-state index contributed by atoms with van der Waals surface area (Å²) in [5, 5.41) is 22.8. The van der Waals surface area contributed by atoms with Crippen molar-refractivity contribution in [1.29, 1.82) is 0 Å². The van der Waals surface area contributed by atoms with Gasteiger partial charge in [-0.3, -0.25) is 35.9 Å². The molecule has 34 heavy (non-hydrogen) atoms. The number of benzene rings is 2. The Morgan fingerprint density at radius 2 is 1.59 bits per heavy atom. The van der Waals surface area contributed by atoms with Crippen LogP contribution in [0.4, 0.5) is 28.7 Å². The van der Waals surface area contributed by atoms with Gasteiger partial charge in [-0.05, 0) is 18.2 Å². The number of amides is 1. The van der Waals surface area contributed by atoms with E-state index in [1.54, 1.807) is 4.90 Å². The van der Waals surface area contributed by atoms with E-state index < -0.39 is 15.8 Å². The summed E-state index contributed by atoms with van der Waals surface area (Å²) in [4.78, 5) is 46.0. The van der Waals surface area contributed by atoms with E-state index in [1.807, 2.05) is 30.3 Å². The highest BCUT2D eigenvalue weighted by Crippen LogP contribution is 2.32. The number of hydrogen-bond acceptors (Lipinski definition) is 10. The second-order valence-electron chi connectivity index (χ2n) is 7.35. The van der Waals surface area contributed by atoms with Gasteiger partial charge in [-0.2, -0.15) is 0 Å². The highest BCUT2D eigenvalue weighted by atomic mass is 16.6. The summed E-state index contributed by atoms with van der Waals surface area (Å²) >= 11 is 0. The van der Waals surface area contributed by atoms with Gasteiger partial charge in [0.1, 0.15) is 6.33 Å². The van der Waals surface area contributed by atoms with Crippen LogP contribution >= 0.6 is 0 Å². The first-order valence-electron chi connectivity index (χ1n) is 10.3. The van der Waals surface area contributed by atoms with Crippen molar-refractivity contribution in [3.05, 3.63) is 86.7 Å². The van der Waals surface area contributed by atoms with Gasteiger partial charge in [-0.25, -0.2) is 9.97 Å². The molecular formula is C21H20N8O5. The Morgan fingerprint density at radius 3 is 2.26 bits per heavy atom. The van der Waals surface area contributed by atoms with Crippen LogP contribution in [0.15, 0.2) is 60.9 Å². The molecule has 0 bridgehead atoms. The largest absolute Gasteiger partial charge is 0.368 e. The molecule has 2 N–H and O–H groups in total. The van der Waals surface area contributed by atoms with Crippen molar-refractivity contribution in [2.45, 2.75) is 0 Å². The second-order valence-corrected chi connectivity index (χ2v) is 7.35. The number of para-hydroxylation sites is 1. The number of non-ortho nitro benzene ring substituents is 1. The molecule has 3 aromatic rings. The first-order chi connectivity index (χ1) is 16.4. The highest BCUT2D eigenvalue weighted by molar-refractivity contribution is 5.95. The number of hydrogen-bond donors (Lipinski definition) is 2. The average molecular weight is 464 g/mol. The Balaban J connectivity index is 1.48. The van der Waals surface area contributed by atoms with E-state index in [-0.39, 0.29) is 28.6 Å². The van der Waals surface area contributed by atoms with Crippen LogP contribution in [-0.2, 0) is 0 Å². The fourth-order valence-corrected chi connectivity index (χ4v) is 3.62. The van der Waals surface area contributed by atoms with Crippen LogP contribution in [0.3, 0.4) is 0 Å². The molecule has 2 aromatic carbocycles. The Labute approximate surface area is 193 Å². The number of nitrogens with one attached hydrogen (secondary N) is 2. The zero-order valence-corrected chi connectivity index (χ0v) is 17.8. The molecule has 1 aliphatic rings. The molecule has 0 radical (unpaired) electrons. The number of carbonyl (C=O) groups is 1. The van der Waals surface area contributed by atoms with Crippen molar-refractivity contribution in [2.75, 3.05) is 41.4 Å². The summed E-state index contributed by atoms with van der Waals surface area (Å²) < 4.78 is 0. The molecule has 1 saturated heterocycles. The molecule has 0 spiro atoms. The third kappa shape index (κ3) is 4.82. The zero-order valence-electron chi connectivity index (χ0n) is 17.8. The molecule has 0 aliphatic carbocycles. The minimum absolute atomic E-state index is 0.00988. The summed E-state index contributed by atoms with van der Waals surface area (Å²) in [7, 11) is 0. The Hall–Kier alpha value is -4.81. The monoisotopic (exact) mass is 464 g/mol. The number of anilines is 3. The average Bonchev–Trinajstić information content (AvgIpc) is 2.87. The summed E-state index contributed by atoms with van der Waals surface area (Å²) in [6.45, 7) is 2.31. The Morgan fingerprint density at radius 1 is 0.882 bits per heavy atom. The number of nitrogens with zero attached hydrogens (tertiary/aromatic N) is 6. The molecule has 4 rings (SSSR count). The highest BCUT2D eigenvalue weighted by Gasteiger charge is 2.29. The number of nitro benzene ring substituents is 1. The van der Waals surface area contributed by atoms with Gasteiger partial charge >= 0.3 is 5.69 Å². The molecule has 0 unspecified atom stereocenters. The fraction of sp³-hybridized carbons (Fsp3) is 0.190. The van der Waals surface area contributed by atoms with Gasteiger partial charge in [-0.15, -0.1) is 0 Å². The molecule has 13 nitrogen and oxygen atoms in total. The van der Waals surface area contributed by atoms with Crippen LogP contribution in [0.5, 0.6) is 0 Å². The second kappa shape index (κ2) is 9.77. The number of aromatic nitrogens is 2. The van der Waals surface area contributed by atoms with Crippen molar-refractivity contribution >= 4 is 34.6 Å². The quantitative estimate of drug-likeness (QED) is 0.392. The van der Waals surface area contributed by atoms with E-state index in [0.717, 1.165) is 11.8 Å². The van der Waals surface area contributed by atoms with E-state index >= 15 is 0 Å².